The van der Waals surface area contributed by atoms with Gasteiger partial charge in [0.05, 0.1) is 31.8 Å². The Morgan fingerprint density at radius 1 is 1.09 bits per heavy atom. The van der Waals surface area contributed by atoms with Crippen molar-refractivity contribution in [2.75, 3.05) is 64.4 Å². The number of anilines is 1. The molecule has 3 aliphatic heterocycles. The highest BCUT2D eigenvalue weighted by Crippen LogP contribution is 2.52. The Hall–Kier alpha value is -2.26. The SMILES string of the molecule is C=C1CC2COC(=O)C2(Cc2ccc(NC(=O)CN3CCN(CC4OCCO4)CC3)cc2)C1. The highest BCUT2D eigenvalue weighted by Gasteiger charge is 2.55. The predicted molar refractivity (Wildman–Crippen MR) is 123 cm³/mol. The van der Waals surface area contributed by atoms with E-state index in [9.17, 15) is 9.59 Å². The van der Waals surface area contributed by atoms with E-state index >= 15 is 0 Å². The summed E-state index contributed by atoms with van der Waals surface area (Å²) in [6, 6.07) is 7.84. The summed E-state index contributed by atoms with van der Waals surface area (Å²) in [5.74, 6) is 0.131. The van der Waals surface area contributed by atoms with Crippen LogP contribution in [-0.4, -0.2) is 87.1 Å². The number of nitrogens with one attached hydrogen (secondary N) is 1. The van der Waals surface area contributed by atoms with E-state index in [2.05, 4.69) is 21.7 Å². The van der Waals surface area contributed by atoms with Gasteiger partial charge in [-0.15, -0.1) is 0 Å². The monoisotopic (exact) mass is 455 g/mol. The molecular weight excluding hydrogens is 422 g/mol. The standard InChI is InChI=1S/C25H33N3O5/c1-18-12-20-17-33-24(30)25(20,13-18)14-19-2-4-21(5-3-19)26-22(29)15-27-6-8-28(9-7-27)16-23-31-10-11-32-23/h2-5,20,23H,1,6-17H2,(H,26,29). The van der Waals surface area contributed by atoms with E-state index in [0.29, 0.717) is 39.2 Å². The molecule has 1 aromatic carbocycles. The number of esters is 1. The van der Waals surface area contributed by atoms with Gasteiger partial charge in [0, 0.05) is 44.3 Å². The Morgan fingerprint density at radius 3 is 2.52 bits per heavy atom. The average molecular weight is 456 g/mol. The van der Waals surface area contributed by atoms with Gasteiger partial charge in [-0.2, -0.15) is 0 Å². The number of rotatable bonds is 7. The van der Waals surface area contributed by atoms with Crippen LogP contribution in [0.1, 0.15) is 18.4 Å². The molecule has 0 aromatic heterocycles. The normalized spacial score (nSPS) is 28.8. The fraction of sp³-hybridized carbons (Fsp3) is 0.600. The third-order valence-corrected chi connectivity index (χ3v) is 7.39. The van der Waals surface area contributed by atoms with Gasteiger partial charge in [-0.1, -0.05) is 24.3 Å². The molecule has 0 bridgehead atoms. The maximum Gasteiger partial charge on any atom is 0.313 e. The van der Waals surface area contributed by atoms with Crippen molar-refractivity contribution >= 4 is 17.6 Å². The molecule has 3 saturated heterocycles. The minimum absolute atomic E-state index is 0.0104. The van der Waals surface area contributed by atoms with Gasteiger partial charge in [0.1, 0.15) is 0 Å². The molecule has 1 N–H and O–H groups in total. The summed E-state index contributed by atoms with van der Waals surface area (Å²) >= 11 is 0. The Labute approximate surface area is 194 Å². The molecule has 33 heavy (non-hydrogen) atoms. The van der Waals surface area contributed by atoms with Crippen LogP contribution in [0.4, 0.5) is 5.69 Å². The molecule has 1 aliphatic carbocycles. The van der Waals surface area contributed by atoms with Crippen molar-refractivity contribution in [2.24, 2.45) is 11.3 Å². The van der Waals surface area contributed by atoms with E-state index in [1.807, 2.05) is 24.3 Å². The molecule has 1 amide bonds. The van der Waals surface area contributed by atoms with Gasteiger partial charge >= 0.3 is 5.97 Å². The summed E-state index contributed by atoms with van der Waals surface area (Å²) in [5.41, 5.74) is 2.54. The molecule has 4 aliphatic rings. The molecule has 3 heterocycles. The molecule has 4 fully saturated rings. The number of carbonyl (C=O) groups excluding carboxylic acids is 2. The number of piperazine rings is 1. The molecule has 1 aromatic rings. The highest BCUT2D eigenvalue weighted by atomic mass is 16.7. The van der Waals surface area contributed by atoms with Crippen LogP contribution < -0.4 is 5.32 Å². The van der Waals surface area contributed by atoms with Crippen LogP contribution >= 0.6 is 0 Å². The van der Waals surface area contributed by atoms with Gasteiger partial charge in [-0.05, 0) is 37.0 Å². The lowest BCUT2D eigenvalue weighted by Gasteiger charge is -2.35. The minimum atomic E-state index is -0.458. The number of amides is 1. The number of benzene rings is 1. The number of hydrogen-bond acceptors (Lipinski definition) is 7. The second-order valence-electron chi connectivity index (χ2n) is 9.75. The maximum absolute atomic E-state index is 12.6. The van der Waals surface area contributed by atoms with Crippen molar-refractivity contribution in [1.29, 1.82) is 0 Å². The first-order chi connectivity index (χ1) is 16.0. The molecule has 8 nitrogen and oxygen atoms in total. The Balaban J connectivity index is 1.09. The van der Waals surface area contributed by atoms with Crippen molar-refractivity contribution in [1.82, 2.24) is 9.80 Å². The fourth-order valence-corrected chi connectivity index (χ4v) is 5.59. The lowest BCUT2D eigenvalue weighted by atomic mass is 9.75. The van der Waals surface area contributed by atoms with Crippen LogP contribution in [0.25, 0.3) is 0 Å². The quantitative estimate of drug-likeness (QED) is 0.495. The van der Waals surface area contributed by atoms with E-state index in [0.717, 1.165) is 56.0 Å². The summed E-state index contributed by atoms with van der Waals surface area (Å²) in [5, 5.41) is 3.00. The van der Waals surface area contributed by atoms with Crippen LogP contribution in [0.15, 0.2) is 36.4 Å². The molecular formula is C25H33N3O5. The third kappa shape index (κ3) is 4.99. The van der Waals surface area contributed by atoms with Crippen LogP contribution in [0.5, 0.6) is 0 Å². The summed E-state index contributed by atoms with van der Waals surface area (Å²) in [7, 11) is 0. The van der Waals surface area contributed by atoms with E-state index < -0.39 is 5.41 Å². The molecule has 2 atom stereocenters. The van der Waals surface area contributed by atoms with Crippen molar-refractivity contribution in [3.05, 3.63) is 42.0 Å². The molecule has 0 spiro atoms. The maximum atomic E-state index is 12.6. The minimum Gasteiger partial charge on any atom is -0.465 e. The first kappa shape index (κ1) is 22.5. The number of hydrogen-bond donors (Lipinski definition) is 1. The second kappa shape index (κ2) is 9.54. The van der Waals surface area contributed by atoms with Crippen LogP contribution in [0.3, 0.4) is 0 Å². The molecule has 178 valence electrons. The smallest absolute Gasteiger partial charge is 0.313 e. The summed E-state index contributed by atoms with van der Waals surface area (Å²) in [6.45, 7) is 10.6. The van der Waals surface area contributed by atoms with Crippen molar-refractivity contribution < 1.29 is 23.8 Å². The average Bonchev–Trinajstić information content (AvgIpc) is 3.49. The lowest BCUT2D eigenvalue weighted by molar-refractivity contribution is -0.146. The van der Waals surface area contributed by atoms with Gasteiger partial charge in [0.15, 0.2) is 6.29 Å². The van der Waals surface area contributed by atoms with Crippen molar-refractivity contribution in [3.8, 4) is 0 Å². The number of nitrogens with zero attached hydrogens (tertiary/aromatic N) is 2. The van der Waals surface area contributed by atoms with Gasteiger partial charge in [0.25, 0.3) is 0 Å². The molecule has 2 unspecified atom stereocenters. The van der Waals surface area contributed by atoms with Gasteiger partial charge in [-0.3, -0.25) is 19.4 Å². The largest absolute Gasteiger partial charge is 0.465 e. The summed E-state index contributed by atoms with van der Waals surface area (Å²) in [4.78, 5) is 29.6. The predicted octanol–water partition coefficient (Wildman–Crippen LogP) is 1.67. The topological polar surface area (TPSA) is 80.3 Å². The Morgan fingerprint density at radius 2 is 1.79 bits per heavy atom. The number of allylic oxidation sites excluding steroid dienone is 1. The van der Waals surface area contributed by atoms with Crippen LogP contribution in [-0.2, 0) is 30.2 Å². The second-order valence-corrected chi connectivity index (χ2v) is 9.75. The number of cyclic esters (lactones) is 1. The van der Waals surface area contributed by atoms with E-state index in [1.54, 1.807) is 0 Å². The molecule has 0 radical (unpaired) electrons. The van der Waals surface area contributed by atoms with Gasteiger partial charge in [0.2, 0.25) is 5.91 Å². The number of fused-ring (bicyclic) bond motifs is 1. The molecule has 8 heteroatoms. The zero-order valence-electron chi connectivity index (χ0n) is 19.1. The van der Waals surface area contributed by atoms with Crippen molar-refractivity contribution in [2.45, 2.75) is 25.6 Å². The van der Waals surface area contributed by atoms with Crippen molar-refractivity contribution in [3.63, 3.8) is 0 Å². The Bertz CT molecular complexity index is 890. The molecule has 5 rings (SSSR count). The fourth-order valence-electron chi connectivity index (χ4n) is 5.59. The zero-order chi connectivity index (χ0) is 22.8. The lowest BCUT2D eigenvalue weighted by Crippen LogP contribution is -2.50. The van der Waals surface area contributed by atoms with Gasteiger partial charge < -0.3 is 19.5 Å². The summed E-state index contributed by atoms with van der Waals surface area (Å²) < 4.78 is 16.4. The van der Waals surface area contributed by atoms with E-state index in [4.69, 9.17) is 14.2 Å². The third-order valence-electron chi connectivity index (χ3n) is 7.39. The summed E-state index contributed by atoms with van der Waals surface area (Å²) in [6.07, 6.45) is 2.13. The van der Waals surface area contributed by atoms with E-state index in [1.165, 1.54) is 0 Å². The first-order valence-corrected chi connectivity index (χ1v) is 11.9. The Kier molecular flexibility index (Phi) is 6.51. The number of carbonyl (C=O) groups is 2. The number of ether oxygens (including phenoxy) is 3. The highest BCUT2D eigenvalue weighted by molar-refractivity contribution is 5.92. The first-order valence-electron chi connectivity index (χ1n) is 11.9. The van der Waals surface area contributed by atoms with Gasteiger partial charge in [-0.25, -0.2) is 0 Å². The van der Waals surface area contributed by atoms with Crippen LogP contribution in [0.2, 0.25) is 0 Å². The van der Waals surface area contributed by atoms with E-state index in [-0.39, 0.29) is 24.1 Å². The van der Waals surface area contributed by atoms with Crippen LogP contribution in [0, 0.1) is 11.3 Å². The zero-order valence-corrected chi connectivity index (χ0v) is 19.1. The molecule has 1 saturated carbocycles.